The van der Waals surface area contributed by atoms with Crippen LogP contribution in [-0.4, -0.2) is 22.5 Å². The Bertz CT molecular complexity index is 824. The summed E-state index contributed by atoms with van der Waals surface area (Å²) in [5.41, 5.74) is 1.45. The molecule has 0 saturated heterocycles. The molecule has 0 aliphatic rings. The van der Waals surface area contributed by atoms with Crippen molar-refractivity contribution in [3.05, 3.63) is 64.2 Å². The summed E-state index contributed by atoms with van der Waals surface area (Å²) in [5, 5.41) is 17.0. The van der Waals surface area contributed by atoms with E-state index < -0.39 is 5.60 Å². The lowest BCUT2D eigenvalue weighted by atomic mass is 9.99. The van der Waals surface area contributed by atoms with E-state index in [1.807, 2.05) is 22.9 Å². The van der Waals surface area contributed by atoms with E-state index in [0.29, 0.717) is 22.7 Å². The summed E-state index contributed by atoms with van der Waals surface area (Å²) in [7, 11) is 0. The number of nitrogens with one attached hydrogen (secondary N) is 1. The number of furan rings is 1. The average Bonchev–Trinajstić information content (AvgIpc) is 3.25. The molecule has 0 aliphatic carbocycles. The zero-order valence-corrected chi connectivity index (χ0v) is 14.3. The fourth-order valence-electron chi connectivity index (χ4n) is 2.38. The SMILES string of the molecule is Cc1nc(-c2ccco2)ccc1C(=O)NCC(C)(O)c1ccsc1. The average molecular weight is 342 g/mol. The van der Waals surface area contributed by atoms with Gasteiger partial charge in [-0.15, -0.1) is 0 Å². The van der Waals surface area contributed by atoms with E-state index in [2.05, 4.69) is 10.3 Å². The van der Waals surface area contributed by atoms with E-state index in [1.165, 1.54) is 11.3 Å². The largest absolute Gasteiger partial charge is 0.463 e. The van der Waals surface area contributed by atoms with Crippen molar-refractivity contribution >= 4 is 17.2 Å². The lowest BCUT2D eigenvalue weighted by Crippen LogP contribution is -2.38. The lowest BCUT2D eigenvalue weighted by molar-refractivity contribution is 0.0529. The first kappa shape index (κ1) is 16.4. The van der Waals surface area contributed by atoms with Gasteiger partial charge < -0.3 is 14.8 Å². The topological polar surface area (TPSA) is 75.4 Å². The van der Waals surface area contributed by atoms with E-state index >= 15 is 0 Å². The predicted octanol–water partition coefficient (Wildman–Crippen LogP) is 3.35. The maximum Gasteiger partial charge on any atom is 0.253 e. The Hall–Kier alpha value is -2.44. The van der Waals surface area contributed by atoms with Crippen molar-refractivity contribution in [3.63, 3.8) is 0 Å². The molecule has 3 rings (SSSR count). The van der Waals surface area contributed by atoms with Crippen LogP contribution < -0.4 is 5.32 Å². The Morgan fingerprint density at radius 1 is 1.38 bits per heavy atom. The zero-order chi connectivity index (χ0) is 17.2. The number of rotatable bonds is 5. The molecular weight excluding hydrogens is 324 g/mol. The maximum atomic E-state index is 12.4. The number of aliphatic hydroxyl groups is 1. The molecule has 5 nitrogen and oxygen atoms in total. The van der Waals surface area contributed by atoms with Gasteiger partial charge in [-0.3, -0.25) is 4.79 Å². The summed E-state index contributed by atoms with van der Waals surface area (Å²) < 4.78 is 5.31. The number of hydrogen-bond acceptors (Lipinski definition) is 5. The van der Waals surface area contributed by atoms with Crippen LogP contribution in [0.4, 0.5) is 0 Å². The highest BCUT2D eigenvalue weighted by molar-refractivity contribution is 7.08. The second-order valence-electron chi connectivity index (χ2n) is 5.78. The Kier molecular flexibility index (Phi) is 4.51. The number of aryl methyl sites for hydroxylation is 1. The van der Waals surface area contributed by atoms with E-state index in [-0.39, 0.29) is 12.5 Å². The molecule has 0 fully saturated rings. The highest BCUT2D eigenvalue weighted by Gasteiger charge is 2.25. The van der Waals surface area contributed by atoms with Crippen LogP contribution in [0.3, 0.4) is 0 Å². The fraction of sp³-hybridized carbons (Fsp3) is 0.222. The molecule has 124 valence electrons. The van der Waals surface area contributed by atoms with Gasteiger partial charge in [0.1, 0.15) is 11.3 Å². The number of carbonyl (C=O) groups is 1. The second-order valence-corrected chi connectivity index (χ2v) is 6.56. The van der Waals surface area contributed by atoms with Crippen molar-refractivity contribution in [2.75, 3.05) is 6.54 Å². The van der Waals surface area contributed by atoms with Crippen LogP contribution >= 0.6 is 11.3 Å². The van der Waals surface area contributed by atoms with Gasteiger partial charge in [-0.05, 0) is 60.5 Å². The molecule has 24 heavy (non-hydrogen) atoms. The van der Waals surface area contributed by atoms with Gasteiger partial charge in [0, 0.05) is 0 Å². The first-order chi connectivity index (χ1) is 11.5. The van der Waals surface area contributed by atoms with Gasteiger partial charge in [-0.1, -0.05) is 0 Å². The van der Waals surface area contributed by atoms with Gasteiger partial charge in [0.25, 0.3) is 5.91 Å². The van der Waals surface area contributed by atoms with Gasteiger partial charge in [0.2, 0.25) is 0 Å². The molecule has 0 saturated carbocycles. The number of carbonyl (C=O) groups excluding carboxylic acids is 1. The fourth-order valence-corrected chi connectivity index (χ4v) is 3.17. The minimum Gasteiger partial charge on any atom is -0.463 e. The molecule has 1 amide bonds. The van der Waals surface area contributed by atoms with E-state index in [1.54, 1.807) is 38.3 Å². The molecule has 1 unspecified atom stereocenters. The van der Waals surface area contributed by atoms with Crippen LogP contribution in [0.5, 0.6) is 0 Å². The van der Waals surface area contributed by atoms with Crippen LogP contribution in [-0.2, 0) is 5.60 Å². The van der Waals surface area contributed by atoms with Crippen LogP contribution in [0.1, 0.15) is 28.5 Å². The van der Waals surface area contributed by atoms with Gasteiger partial charge in [0.05, 0.1) is 24.1 Å². The first-order valence-electron chi connectivity index (χ1n) is 7.52. The van der Waals surface area contributed by atoms with Crippen LogP contribution in [0.25, 0.3) is 11.5 Å². The molecule has 1 atom stereocenters. The third kappa shape index (κ3) is 3.39. The molecule has 0 bridgehead atoms. The highest BCUT2D eigenvalue weighted by atomic mass is 32.1. The highest BCUT2D eigenvalue weighted by Crippen LogP contribution is 2.23. The van der Waals surface area contributed by atoms with Crippen molar-refractivity contribution in [2.24, 2.45) is 0 Å². The maximum absolute atomic E-state index is 12.4. The number of nitrogens with zero attached hydrogens (tertiary/aromatic N) is 1. The number of amides is 1. The third-order valence-electron chi connectivity index (χ3n) is 3.84. The number of pyridine rings is 1. The Labute approximate surface area is 144 Å². The van der Waals surface area contributed by atoms with Gasteiger partial charge in [-0.25, -0.2) is 4.98 Å². The van der Waals surface area contributed by atoms with Crippen molar-refractivity contribution < 1.29 is 14.3 Å². The van der Waals surface area contributed by atoms with E-state index in [4.69, 9.17) is 4.42 Å². The quantitative estimate of drug-likeness (QED) is 0.745. The van der Waals surface area contributed by atoms with Gasteiger partial charge in [-0.2, -0.15) is 11.3 Å². The van der Waals surface area contributed by atoms with Crippen molar-refractivity contribution in [3.8, 4) is 11.5 Å². The second kappa shape index (κ2) is 6.59. The summed E-state index contributed by atoms with van der Waals surface area (Å²) in [5.74, 6) is 0.395. The van der Waals surface area contributed by atoms with Crippen molar-refractivity contribution in [2.45, 2.75) is 19.4 Å². The number of hydrogen-bond donors (Lipinski definition) is 2. The number of aromatic nitrogens is 1. The van der Waals surface area contributed by atoms with E-state index in [9.17, 15) is 9.90 Å². The molecule has 0 radical (unpaired) electrons. The molecule has 0 spiro atoms. The van der Waals surface area contributed by atoms with Crippen LogP contribution in [0, 0.1) is 6.92 Å². The molecule has 6 heteroatoms. The lowest BCUT2D eigenvalue weighted by Gasteiger charge is -2.23. The molecule has 2 N–H and O–H groups in total. The zero-order valence-electron chi connectivity index (χ0n) is 13.4. The van der Waals surface area contributed by atoms with Gasteiger partial charge in [0.15, 0.2) is 5.76 Å². The Balaban J connectivity index is 1.71. The monoisotopic (exact) mass is 342 g/mol. The first-order valence-corrected chi connectivity index (χ1v) is 8.46. The Morgan fingerprint density at radius 3 is 2.83 bits per heavy atom. The molecular formula is C18H18N2O3S. The molecule has 3 aromatic rings. The molecule has 3 aromatic heterocycles. The minimum absolute atomic E-state index is 0.127. The summed E-state index contributed by atoms with van der Waals surface area (Å²) in [4.78, 5) is 16.8. The minimum atomic E-state index is -1.11. The Morgan fingerprint density at radius 2 is 2.21 bits per heavy atom. The summed E-state index contributed by atoms with van der Waals surface area (Å²) in [6.07, 6.45) is 1.58. The van der Waals surface area contributed by atoms with Gasteiger partial charge >= 0.3 is 0 Å². The molecule has 3 heterocycles. The summed E-state index contributed by atoms with van der Waals surface area (Å²) in [6.45, 7) is 3.58. The van der Waals surface area contributed by atoms with Crippen molar-refractivity contribution in [1.82, 2.24) is 10.3 Å². The standard InChI is InChI=1S/C18H18N2O3S/c1-12-14(5-6-15(20-12)16-4-3-8-23-16)17(21)19-11-18(2,22)13-7-9-24-10-13/h3-10,22H,11H2,1-2H3,(H,19,21). The predicted molar refractivity (Wildman–Crippen MR) is 92.9 cm³/mol. The van der Waals surface area contributed by atoms with Crippen LogP contribution in [0.2, 0.25) is 0 Å². The smallest absolute Gasteiger partial charge is 0.253 e. The molecule has 0 aromatic carbocycles. The van der Waals surface area contributed by atoms with E-state index in [0.717, 1.165) is 5.56 Å². The summed E-state index contributed by atoms with van der Waals surface area (Å²) in [6, 6.07) is 8.92. The normalized spacial score (nSPS) is 13.5. The van der Waals surface area contributed by atoms with Crippen LogP contribution in [0.15, 0.2) is 51.8 Å². The molecule has 0 aliphatic heterocycles. The van der Waals surface area contributed by atoms with Crippen molar-refractivity contribution in [1.29, 1.82) is 0 Å². The summed E-state index contributed by atoms with van der Waals surface area (Å²) >= 11 is 1.51. The third-order valence-corrected chi connectivity index (χ3v) is 4.52. The number of thiophene rings is 1.